The zero-order valence-electron chi connectivity index (χ0n) is 12.3. The highest BCUT2D eigenvalue weighted by molar-refractivity contribution is 5.94. The minimum atomic E-state index is -0.361. The van der Waals surface area contributed by atoms with Crippen LogP contribution in [-0.4, -0.2) is 18.4 Å². The molecule has 5 nitrogen and oxygen atoms in total. The molecule has 2 aromatic carbocycles. The largest absolute Gasteiger partial charge is 0.484 e. The molecule has 2 amide bonds. The number of nitrogens with one attached hydrogen (secondary N) is 2. The molecule has 2 aromatic rings. The Kier molecular flexibility index (Phi) is 4.23. The van der Waals surface area contributed by atoms with Gasteiger partial charge in [0.2, 0.25) is 5.91 Å². The Morgan fingerprint density at radius 1 is 1.17 bits per heavy atom. The number of carbonyl (C=O) groups excluding carboxylic acids is 2. The fourth-order valence-electron chi connectivity index (χ4n) is 2.33. The van der Waals surface area contributed by atoms with Crippen LogP contribution in [0.5, 0.6) is 5.75 Å². The molecule has 0 fully saturated rings. The number of benzene rings is 2. The third-order valence-corrected chi connectivity index (χ3v) is 3.47. The fraction of sp³-hybridized carbons (Fsp3) is 0.176. The third-order valence-electron chi connectivity index (χ3n) is 3.47. The van der Waals surface area contributed by atoms with E-state index in [0.29, 0.717) is 24.3 Å². The van der Waals surface area contributed by atoms with Crippen LogP contribution in [0.4, 0.5) is 15.8 Å². The number of carbonyl (C=O) groups is 2. The fourth-order valence-corrected chi connectivity index (χ4v) is 2.33. The predicted molar refractivity (Wildman–Crippen MR) is 83.9 cm³/mol. The van der Waals surface area contributed by atoms with Gasteiger partial charge in [-0.2, -0.15) is 0 Å². The van der Waals surface area contributed by atoms with Gasteiger partial charge in [0.25, 0.3) is 5.91 Å². The first-order valence-electron chi connectivity index (χ1n) is 7.21. The minimum absolute atomic E-state index is 0.00449. The molecule has 118 valence electrons. The molecule has 2 N–H and O–H groups in total. The van der Waals surface area contributed by atoms with Crippen LogP contribution in [0.15, 0.2) is 42.5 Å². The van der Waals surface area contributed by atoms with Gasteiger partial charge in [-0.25, -0.2) is 4.39 Å². The second-order valence-corrected chi connectivity index (χ2v) is 5.21. The molecule has 0 spiro atoms. The minimum Gasteiger partial charge on any atom is -0.484 e. The van der Waals surface area contributed by atoms with Crippen molar-refractivity contribution in [2.75, 3.05) is 17.2 Å². The first-order valence-corrected chi connectivity index (χ1v) is 7.21. The molecule has 0 bridgehead atoms. The maximum atomic E-state index is 12.8. The molecule has 1 aliphatic heterocycles. The molecule has 0 saturated carbocycles. The monoisotopic (exact) mass is 314 g/mol. The summed E-state index contributed by atoms with van der Waals surface area (Å²) in [6.07, 6.45) is 1.10. The molecule has 0 radical (unpaired) electrons. The topological polar surface area (TPSA) is 67.4 Å². The molecule has 0 aromatic heterocycles. The average molecular weight is 314 g/mol. The summed E-state index contributed by atoms with van der Waals surface area (Å²) in [7, 11) is 0. The Morgan fingerprint density at radius 3 is 2.74 bits per heavy atom. The van der Waals surface area contributed by atoms with Crippen molar-refractivity contribution in [3.8, 4) is 5.75 Å². The van der Waals surface area contributed by atoms with Gasteiger partial charge < -0.3 is 15.4 Å². The normalized spacial score (nSPS) is 13.0. The molecule has 3 rings (SSSR count). The lowest BCUT2D eigenvalue weighted by atomic mass is 10.0. The first kappa shape index (κ1) is 15.0. The van der Waals surface area contributed by atoms with Crippen LogP contribution < -0.4 is 15.4 Å². The van der Waals surface area contributed by atoms with E-state index in [0.717, 1.165) is 11.3 Å². The average Bonchev–Trinajstić information content (AvgIpc) is 2.55. The summed E-state index contributed by atoms with van der Waals surface area (Å²) in [6, 6.07) is 10.8. The molecule has 0 aliphatic carbocycles. The van der Waals surface area contributed by atoms with Gasteiger partial charge in [-0.3, -0.25) is 9.59 Å². The standard InChI is InChI=1S/C17H15FN2O3/c18-12-2-4-13(5-3-12)19-17(22)10-23-14-6-7-15-11(9-14)1-8-16(21)20-15/h2-7,9H,1,8,10H2,(H,19,22)(H,20,21). The van der Waals surface area contributed by atoms with Crippen molar-refractivity contribution in [3.63, 3.8) is 0 Å². The molecule has 23 heavy (non-hydrogen) atoms. The quantitative estimate of drug-likeness (QED) is 0.912. The Morgan fingerprint density at radius 2 is 1.96 bits per heavy atom. The second kappa shape index (κ2) is 6.48. The second-order valence-electron chi connectivity index (χ2n) is 5.21. The lowest BCUT2D eigenvalue weighted by Crippen LogP contribution is -2.21. The van der Waals surface area contributed by atoms with Gasteiger partial charge >= 0.3 is 0 Å². The van der Waals surface area contributed by atoms with Crippen LogP contribution >= 0.6 is 0 Å². The van der Waals surface area contributed by atoms with E-state index in [4.69, 9.17) is 4.74 Å². The molecule has 0 atom stereocenters. The number of hydrogen-bond acceptors (Lipinski definition) is 3. The zero-order chi connectivity index (χ0) is 16.2. The predicted octanol–water partition coefficient (Wildman–Crippen LogP) is 2.73. The van der Waals surface area contributed by atoms with Crippen molar-refractivity contribution in [2.24, 2.45) is 0 Å². The Labute approximate surface area is 132 Å². The Balaban J connectivity index is 1.56. The van der Waals surface area contributed by atoms with Crippen LogP contribution in [-0.2, 0) is 16.0 Å². The van der Waals surface area contributed by atoms with E-state index >= 15 is 0 Å². The van der Waals surface area contributed by atoms with E-state index in [2.05, 4.69) is 10.6 Å². The van der Waals surface area contributed by atoms with Gasteiger partial charge in [0.1, 0.15) is 11.6 Å². The number of aryl methyl sites for hydroxylation is 1. The number of ether oxygens (including phenoxy) is 1. The van der Waals surface area contributed by atoms with Crippen LogP contribution in [0.3, 0.4) is 0 Å². The first-order chi connectivity index (χ1) is 11.1. The summed E-state index contributed by atoms with van der Waals surface area (Å²) in [5.74, 6) is -0.123. The lowest BCUT2D eigenvalue weighted by Gasteiger charge is -2.17. The van der Waals surface area contributed by atoms with Crippen molar-refractivity contribution >= 4 is 23.2 Å². The SMILES string of the molecule is O=C(COc1ccc2c(c1)CCC(=O)N2)Nc1ccc(F)cc1. The summed E-state index contributed by atoms with van der Waals surface area (Å²) in [5.41, 5.74) is 2.28. The Hall–Kier alpha value is -2.89. The molecule has 6 heteroatoms. The highest BCUT2D eigenvalue weighted by Gasteiger charge is 2.15. The van der Waals surface area contributed by atoms with Gasteiger partial charge in [0.05, 0.1) is 0 Å². The van der Waals surface area contributed by atoms with Crippen molar-refractivity contribution < 1.29 is 18.7 Å². The summed E-state index contributed by atoms with van der Waals surface area (Å²) in [4.78, 5) is 23.1. The molecular weight excluding hydrogens is 299 g/mol. The van der Waals surface area contributed by atoms with E-state index in [9.17, 15) is 14.0 Å². The summed E-state index contributed by atoms with van der Waals surface area (Å²) < 4.78 is 18.2. The number of amides is 2. The summed E-state index contributed by atoms with van der Waals surface area (Å²) >= 11 is 0. The van der Waals surface area contributed by atoms with Gasteiger partial charge in [-0.15, -0.1) is 0 Å². The Bertz CT molecular complexity index is 744. The van der Waals surface area contributed by atoms with Crippen molar-refractivity contribution in [1.82, 2.24) is 0 Å². The van der Waals surface area contributed by atoms with Crippen LogP contribution in [0.2, 0.25) is 0 Å². The number of rotatable bonds is 4. The van der Waals surface area contributed by atoms with Crippen molar-refractivity contribution in [2.45, 2.75) is 12.8 Å². The van der Waals surface area contributed by atoms with E-state index in [1.807, 2.05) is 6.07 Å². The summed E-state index contributed by atoms with van der Waals surface area (Å²) in [6.45, 7) is -0.150. The lowest BCUT2D eigenvalue weighted by molar-refractivity contribution is -0.118. The number of anilines is 2. The maximum absolute atomic E-state index is 12.8. The van der Waals surface area contributed by atoms with Gasteiger partial charge in [0.15, 0.2) is 6.61 Å². The van der Waals surface area contributed by atoms with E-state index in [-0.39, 0.29) is 24.2 Å². The van der Waals surface area contributed by atoms with Crippen LogP contribution in [0.1, 0.15) is 12.0 Å². The summed E-state index contributed by atoms with van der Waals surface area (Å²) in [5, 5.41) is 5.40. The maximum Gasteiger partial charge on any atom is 0.262 e. The van der Waals surface area contributed by atoms with Gasteiger partial charge in [0, 0.05) is 17.8 Å². The number of fused-ring (bicyclic) bond motifs is 1. The third kappa shape index (κ3) is 3.85. The van der Waals surface area contributed by atoms with Gasteiger partial charge in [-0.05, 0) is 54.4 Å². The van der Waals surface area contributed by atoms with E-state index in [1.165, 1.54) is 24.3 Å². The molecular formula is C17H15FN2O3. The zero-order valence-corrected chi connectivity index (χ0v) is 12.3. The van der Waals surface area contributed by atoms with Crippen molar-refractivity contribution in [3.05, 3.63) is 53.8 Å². The van der Waals surface area contributed by atoms with Crippen LogP contribution in [0.25, 0.3) is 0 Å². The van der Waals surface area contributed by atoms with Crippen LogP contribution in [0, 0.1) is 5.82 Å². The number of halogens is 1. The van der Waals surface area contributed by atoms with E-state index < -0.39 is 0 Å². The molecule has 0 saturated heterocycles. The molecule has 1 aliphatic rings. The van der Waals surface area contributed by atoms with E-state index in [1.54, 1.807) is 12.1 Å². The van der Waals surface area contributed by atoms with Crippen molar-refractivity contribution in [1.29, 1.82) is 0 Å². The molecule has 0 unspecified atom stereocenters. The van der Waals surface area contributed by atoms with Gasteiger partial charge in [-0.1, -0.05) is 0 Å². The molecule has 1 heterocycles. The number of hydrogen-bond donors (Lipinski definition) is 2. The highest BCUT2D eigenvalue weighted by Crippen LogP contribution is 2.26. The highest BCUT2D eigenvalue weighted by atomic mass is 19.1. The smallest absolute Gasteiger partial charge is 0.262 e.